The minimum Gasteiger partial charge on any atom is -0.493 e. The number of amides is 2. The summed E-state index contributed by atoms with van der Waals surface area (Å²) >= 11 is 0. The van der Waals surface area contributed by atoms with E-state index in [0.717, 1.165) is 25.7 Å². The standard InChI is InChI=1S/C19H26N2O4/c1-2-24-15-6-4-3-5-14(15)18(23)21-11-9-19(10-12-21)8-7-16(19)25-13-17(20)22/h3-6,16H,2,7-13H2,1H3,(H2,20,22). The van der Waals surface area contributed by atoms with E-state index in [9.17, 15) is 9.59 Å². The molecule has 1 atom stereocenters. The van der Waals surface area contributed by atoms with Crippen molar-refractivity contribution < 1.29 is 19.1 Å². The van der Waals surface area contributed by atoms with Crippen LogP contribution in [0.25, 0.3) is 0 Å². The summed E-state index contributed by atoms with van der Waals surface area (Å²) in [6, 6.07) is 7.39. The molecule has 1 spiro atoms. The van der Waals surface area contributed by atoms with Gasteiger partial charge in [0, 0.05) is 18.5 Å². The number of benzene rings is 1. The van der Waals surface area contributed by atoms with Gasteiger partial charge in [-0.05, 0) is 44.7 Å². The summed E-state index contributed by atoms with van der Waals surface area (Å²) < 4.78 is 11.2. The Hall–Kier alpha value is -2.08. The lowest BCUT2D eigenvalue weighted by molar-refractivity contribution is -0.148. The first kappa shape index (κ1) is 17.7. The molecule has 0 aromatic heterocycles. The van der Waals surface area contributed by atoms with E-state index in [1.165, 1.54) is 0 Å². The van der Waals surface area contributed by atoms with Crippen LogP contribution in [0.1, 0.15) is 43.0 Å². The molecule has 6 heteroatoms. The van der Waals surface area contributed by atoms with Crippen molar-refractivity contribution in [1.29, 1.82) is 0 Å². The fraction of sp³-hybridized carbons (Fsp3) is 0.579. The zero-order valence-corrected chi connectivity index (χ0v) is 14.7. The van der Waals surface area contributed by atoms with Crippen molar-refractivity contribution in [2.75, 3.05) is 26.3 Å². The van der Waals surface area contributed by atoms with Gasteiger partial charge in [-0.15, -0.1) is 0 Å². The van der Waals surface area contributed by atoms with Crippen LogP contribution in [0.4, 0.5) is 0 Å². The largest absolute Gasteiger partial charge is 0.493 e. The zero-order chi connectivity index (χ0) is 17.9. The molecule has 1 aromatic rings. The van der Waals surface area contributed by atoms with Gasteiger partial charge in [0.15, 0.2) is 0 Å². The number of hydrogen-bond donors (Lipinski definition) is 1. The Balaban J connectivity index is 1.61. The van der Waals surface area contributed by atoms with Crippen molar-refractivity contribution in [3.05, 3.63) is 29.8 Å². The molecule has 1 saturated heterocycles. The normalized spacial score (nSPS) is 21.6. The molecule has 2 amide bonds. The van der Waals surface area contributed by atoms with Gasteiger partial charge in [-0.3, -0.25) is 9.59 Å². The maximum Gasteiger partial charge on any atom is 0.257 e. The predicted octanol–water partition coefficient (Wildman–Crippen LogP) is 1.97. The molecule has 1 saturated carbocycles. The number of hydrogen-bond acceptors (Lipinski definition) is 4. The summed E-state index contributed by atoms with van der Waals surface area (Å²) in [7, 11) is 0. The summed E-state index contributed by atoms with van der Waals surface area (Å²) in [5.74, 6) is 0.233. The number of nitrogens with two attached hydrogens (primary N) is 1. The molecule has 6 nitrogen and oxygen atoms in total. The van der Waals surface area contributed by atoms with E-state index >= 15 is 0 Å². The van der Waals surface area contributed by atoms with Crippen LogP contribution in [0.3, 0.4) is 0 Å². The molecule has 25 heavy (non-hydrogen) atoms. The lowest BCUT2D eigenvalue weighted by atomic mass is 9.60. The van der Waals surface area contributed by atoms with E-state index in [2.05, 4.69) is 0 Å². The number of para-hydroxylation sites is 1. The van der Waals surface area contributed by atoms with Gasteiger partial charge < -0.3 is 20.1 Å². The van der Waals surface area contributed by atoms with Gasteiger partial charge in [0.2, 0.25) is 5.91 Å². The smallest absolute Gasteiger partial charge is 0.257 e. The molecule has 0 radical (unpaired) electrons. The van der Waals surface area contributed by atoms with Gasteiger partial charge in [-0.2, -0.15) is 0 Å². The fourth-order valence-electron chi connectivity index (χ4n) is 3.94. The number of ether oxygens (including phenoxy) is 2. The van der Waals surface area contributed by atoms with Crippen LogP contribution in [0.2, 0.25) is 0 Å². The summed E-state index contributed by atoms with van der Waals surface area (Å²) in [4.78, 5) is 25.7. The monoisotopic (exact) mass is 346 g/mol. The zero-order valence-electron chi connectivity index (χ0n) is 14.7. The maximum absolute atomic E-state index is 12.9. The van der Waals surface area contributed by atoms with Crippen LogP contribution in [-0.2, 0) is 9.53 Å². The van der Waals surface area contributed by atoms with Gasteiger partial charge in [-0.1, -0.05) is 12.1 Å². The van der Waals surface area contributed by atoms with Gasteiger partial charge in [-0.25, -0.2) is 0 Å². The van der Waals surface area contributed by atoms with Crippen LogP contribution >= 0.6 is 0 Å². The predicted molar refractivity (Wildman–Crippen MR) is 93.3 cm³/mol. The Morgan fingerprint density at radius 2 is 1.96 bits per heavy atom. The quantitative estimate of drug-likeness (QED) is 0.854. The molecular formula is C19H26N2O4. The summed E-state index contributed by atoms with van der Waals surface area (Å²) in [5.41, 5.74) is 5.90. The van der Waals surface area contributed by atoms with Crippen molar-refractivity contribution in [2.45, 2.75) is 38.7 Å². The number of likely N-dealkylation sites (tertiary alicyclic amines) is 1. The molecule has 0 bridgehead atoms. The molecule has 3 rings (SSSR count). The van der Waals surface area contributed by atoms with Crippen LogP contribution in [0.5, 0.6) is 5.75 Å². The Morgan fingerprint density at radius 1 is 1.24 bits per heavy atom. The molecule has 2 fully saturated rings. The first-order chi connectivity index (χ1) is 12.1. The summed E-state index contributed by atoms with van der Waals surface area (Å²) in [5, 5.41) is 0. The average Bonchev–Trinajstić information content (AvgIpc) is 2.61. The number of primary amides is 1. The topological polar surface area (TPSA) is 81.9 Å². The SMILES string of the molecule is CCOc1ccccc1C(=O)N1CCC2(CCC2OCC(N)=O)CC1. The second-order valence-electron chi connectivity index (χ2n) is 6.89. The average molecular weight is 346 g/mol. The Morgan fingerprint density at radius 3 is 2.56 bits per heavy atom. The highest BCUT2D eigenvalue weighted by Crippen LogP contribution is 2.50. The molecule has 1 aliphatic heterocycles. The number of carbonyl (C=O) groups is 2. The van der Waals surface area contributed by atoms with Crippen LogP contribution in [-0.4, -0.2) is 49.1 Å². The van der Waals surface area contributed by atoms with E-state index in [4.69, 9.17) is 15.2 Å². The number of piperidine rings is 1. The van der Waals surface area contributed by atoms with Crippen molar-refractivity contribution in [3.63, 3.8) is 0 Å². The molecule has 136 valence electrons. The molecule has 1 heterocycles. The second kappa shape index (κ2) is 7.44. The molecule has 1 aliphatic carbocycles. The van der Waals surface area contributed by atoms with E-state index in [1.54, 1.807) is 0 Å². The first-order valence-electron chi connectivity index (χ1n) is 8.97. The van der Waals surface area contributed by atoms with Crippen molar-refractivity contribution >= 4 is 11.8 Å². The van der Waals surface area contributed by atoms with E-state index in [1.807, 2.05) is 36.1 Å². The Labute approximate surface area is 148 Å². The van der Waals surface area contributed by atoms with Crippen LogP contribution < -0.4 is 10.5 Å². The molecular weight excluding hydrogens is 320 g/mol. The highest BCUT2D eigenvalue weighted by atomic mass is 16.5. The third-order valence-electron chi connectivity index (χ3n) is 5.48. The minimum atomic E-state index is -0.429. The molecule has 2 aliphatic rings. The Bertz CT molecular complexity index is 638. The van der Waals surface area contributed by atoms with Gasteiger partial charge in [0.05, 0.1) is 18.3 Å². The Kier molecular flexibility index (Phi) is 5.27. The maximum atomic E-state index is 12.9. The molecule has 1 aromatic carbocycles. The number of nitrogens with zero attached hydrogens (tertiary/aromatic N) is 1. The highest BCUT2D eigenvalue weighted by molar-refractivity contribution is 5.97. The van der Waals surface area contributed by atoms with Crippen molar-refractivity contribution in [1.82, 2.24) is 4.90 Å². The number of rotatable bonds is 6. The third-order valence-corrected chi connectivity index (χ3v) is 5.48. The highest BCUT2D eigenvalue weighted by Gasteiger charge is 2.49. The summed E-state index contributed by atoms with van der Waals surface area (Å²) in [6.45, 7) is 3.84. The third kappa shape index (κ3) is 3.63. The van der Waals surface area contributed by atoms with Gasteiger partial charge >= 0.3 is 0 Å². The lowest BCUT2D eigenvalue weighted by Gasteiger charge is -2.53. The lowest BCUT2D eigenvalue weighted by Crippen LogP contribution is -2.54. The first-order valence-corrected chi connectivity index (χ1v) is 8.97. The van der Waals surface area contributed by atoms with Crippen LogP contribution in [0, 0.1) is 5.41 Å². The van der Waals surface area contributed by atoms with E-state index in [-0.39, 0.29) is 24.0 Å². The van der Waals surface area contributed by atoms with Crippen LogP contribution in [0.15, 0.2) is 24.3 Å². The summed E-state index contributed by atoms with van der Waals surface area (Å²) in [6.07, 6.45) is 3.95. The fourth-order valence-corrected chi connectivity index (χ4v) is 3.94. The minimum absolute atomic E-state index is 0.0171. The molecule has 1 unspecified atom stereocenters. The van der Waals surface area contributed by atoms with Crippen molar-refractivity contribution in [2.24, 2.45) is 11.1 Å². The van der Waals surface area contributed by atoms with E-state index in [0.29, 0.717) is 31.0 Å². The van der Waals surface area contributed by atoms with Gasteiger partial charge in [0.25, 0.3) is 5.91 Å². The molecule has 2 N–H and O–H groups in total. The van der Waals surface area contributed by atoms with Gasteiger partial charge in [0.1, 0.15) is 12.4 Å². The van der Waals surface area contributed by atoms with E-state index < -0.39 is 5.91 Å². The number of carbonyl (C=O) groups excluding carboxylic acids is 2. The second-order valence-corrected chi connectivity index (χ2v) is 6.89. The van der Waals surface area contributed by atoms with Crippen molar-refractivity contribution in [3.8, 4) is 5.75 Å².